The molecule has 0 unspecified atom stereocenters. The minimum atomic E-state index is -0.265. The first-order valence-electron chi connectivity index (χ1n) is 9.59. The molecule has 0 saturated heterocycles. The number of aryl methyl sites for hydroxylation is 1. The standard InChI is InChI=1S/C21H19FN6O2/c1-13-2-3-14(8-23-13)11-30-19-10-25-21(28-12-26-27-20(19)28)24-9-16-15-6-7-29-18(15)5-4-17(16)22/h2-5,8,10,12H,6-7,9,11H2,1H3,(H,24,25). The van der Waals surface area contributed by atoms with E-state index in [2.05, 4.69) is 25.5 Å². The van der Waals surface area contributed by atoms with Crippen LogP contribution in [-0.4, -0.2) is 31.2 Å². The number of anilines is 1. The summed E-state index contributed by atoms with van der Waals surface area (Å²) in [4.78, 5) is 8.69. The van der Waals surface area contributed by atoms with Gasteiger partial charge in [-0.25, -0.2) is 13.8 Å². The maximum Gasteiger partial charge on any atom is 0.210 e. The smallest absolute Gasteiger partial charge is 0.210 e. The van der Waals surface area contributed by atoms with E-state index in [4.69, 9.17) is 9.47 Å². The quantitative estimate of drug-likeness (QED) is 0.527. The third-order valence-corrected chi connectivity index (χ3v) is 5.03. The van der Waals surface area contributed by atoms with Crippen LogP contribution in [0.2, 0.25) is 0 Å². The minimum Gasteiger partial charge on any atom is -0.493 e. The van der Waals surface area contributed by atoms with Gasteiger partial charge in [0.25, 0.3) is 0 Å². The molecule has 4 heterocycles. The summed E-state index contributed by atoms with van der Waals surface area (Å²) in [6.45, 7) is 3.12. The third-order valence-electron chi connectivity index (χ3n) is 5.03. The molecule has 0 saturated carbocycles. The van der Waals surface area contributed by atoms with Gasteiger partial charge in [-0.2, -0.15) is 0 Å². The lowest BCUT2D eigenvalue weighted by Crippen LogP contribution is -2.10. The van der Waals surface area contributed by atoms with Crippen molar-refractivity contribution in [2.45, 2.75) is 26.5 Å². The van der Waals surface area contributed by atoms with Crippen molar-refractivity contribution in [2.75, 3.05) is 11.9 Å². The van der Waals surface area contributed by atoms with Gasteiger partial charge in [0.05, 0.1) is 12.8 Å². The van der Waals surface area contributed by atoms with E-state index in [1.807, 2.05) is 19.1 Å². The molecule has 0 radical (unpaired) electrons. The summed E-state index contributed by atoms with van der Waals surface area (Å²) in [5.74, 6) is 1.47. The van der Waals surface area contributed by atoms with Crippen LogP contribution >= 0.6 is 0 Å². The summed E-state index contributed by atoms with van der Waals surface area (Å²) in [7, 11) is 0. The van der Waals surface area contributed by atoms with Crippen molar-refractivity contribution >= 4 is 11.6 Å². The predicted molar refractivity (Wildman–Crippen MR) is 107 cm³/mol. The molecule has 1 aliphatic rings. The maximum atomic E-state index is 14.4. The van der Waals surface area contributed by atoms with Gasteiger partial charge < -0.3 is 14.8 Å². The summed E-state index contributed by atoms with van der Waals surface area (Å²) in [5, 5.41) is 11.3. The van der Waals surface area contributed by atoms with Crippen molar-refractivity contribution in [2.24, 2.45) is 0 Å². The normalized spacial score (nSPS) is 12.6. The fraction of sp³-hybridized carbons (Fsp3) is 0.238. The molecule has 0 fully saturated rings. The topological polar surface area (TPSA) is 86.5 Å². The van der Waals surface area contributed by atoms with Gasteiger partial charge in [0.2, 0.25) is 11.6 Å². The van der Waals surface area contributed by atoms with E-state index in [1.165, 1.54) is 6.07 Å². The van der Waals surface area contributed by atoms with Crippen molar-refractivity contribution in [1.29, 1.82) is 0 Å². The first kappa shape index (κ1) is 18.3. The Balaban J connectivity index is 1.36. The maximum absolute atomic E-state index is 14.4. The van der Waals surface area contributed by atoms with E-state index in [0.29, 0.717) is 42.5 Å². The number of hydrogen-bond acceptors (Lipinski definition) is 7. The molecule has 30 heavy (non-hydrogen) atoms. The zero-order valence-corrected chi connectivity index (χ0v) is 16.3. The molecule has 0 aliphatic carbocycles. The number of ether oxygens (including phenoxy) is 2. The van der Waals surface area contributed by atoms with Crippen LogP contribution in [0.4, 0.5) is 10.3 Å². The number of halogens is 1. The van der Waals surface area contributed by atoms with E-state index in [0.717, 1.165) is 22.6 Å². The molecular weight excluding hydrogens is 387 g/mol. The lowest BCUT2D eigenvalue weighted by molar-refractivity contribution is 0.306. The number of hydrogen-bond donors (Lipinski definition) is 1. The molecular formula is C21H19FN6O2. The number of benzene rings is 1. The molecule has 0 bridgehead atoms. The fourth-order valence-corrected chi connectivity index (χ4v) is 3.45. The van der Waals surface area contributed by atoms with Crippen molar-refractivity contribution in [1.82, 2.24) is 24.6 Å². The Morgan fingerprint density at radius 3 is 3.00 bits per heavy atom. The van der Waals surface area contributed by atoms with Crippen molar-refractivity contribution in [3.63, 3.8) is 0 Å². The van der Waals surface area contributed by atoms with Crippen LogP contribution in [0.3, 0.4) is 0 Å². The highest BCUT2D eigenvalue weighted by Crippen LogP contribution is 2.30. The molecule has 8 nitrogen and oxygen atoms in total. The summed E-state index contributed by atoms with van der Waals surface area (Å²) in [6, 6.07) is 7.00. The second-order valence-electron chi connectivity index (χ2n) is 7.02. The van der Waals surface area contributed by atoms with Gasteiger partial charge in [-0.15, -0.1) is 10.2 Å². The largest absolute Gasteiger partial charge is 0.493 e. The van der Waals surface area contributed by atoms with Crippen molar-refractivity contribution in [3.8, 4) is 11.5 Å². The average molecular weight is 406 g/mol. The number of nitrogens with one attached hydrogen (secondary N) is 1. The number of rotatable bonds is 6. The molecule has 3 aromatic heterocycles. The monoisotopic (exact) mass is 406 g/mol. The van der Waals surface area contributed by atoms with E-state index >= 15 is 0 Å². The molecule has 0 spiro atoms. The summed E-state index contributed by atoms with van der Waals surface area (Å²) in [6.07, 6.45) is 5.60. The Bertz CT molecular complexity index is 1210. The summed E-state index contributed by atoms with van der Waals surface area (Å²) in [5.41, 5.74) is 3.89. The van der Waals surface area contributed by atoms with Gasteiger partial charge in [0, 0.05) is 41.5 Å². The van der Waals surface area contributed by atoms with Crippen LogP contribution in [0, 0.1) is 12.7 Å². The van der Waals surface area contributed by atoms with Crippen molar-refractivity contribution in [3.05, 3.63) is 71.2 Å². The second-order valence-corrected chi connectivity index (χ2v) is 7.02. The van der Waals surface area contributed by atoms with Gasteiger partial charge in [0.1, 0.15) is 24.5 Å². The van der Waals surface area contributed by atoms with E-state index in [-0.39, 0.29) is 12.4 Å². The Kier molecular flexibility index (Phi) is 4.62. The fourth-order valence-electron chi connectivity index (χ4n) is 3.45. The van der Waals surface area contributed by atoms with Gasteiger partial charge >= 0.3 is 0 Å². The van der Waals surface area contributed by atoms with Crippen LogP contribution in [0.1, 0.15) is 22.4 Å². The van der Waals surface area contributed by atoms with E-state index in [9.17, 15) is 4.39 Å². The van der Waals surface area contributed by atoms with E-state index in [1.54, 1.807) is 29.2 Å². The average Bonchev–Trinajstić information content (AvgIpc) is 3.43. The van der Waals surface area contributed by atoms with Gasteiger partial charge in [-0.3, -0.25) is 4.98 Å². The minimum absolute atomic E-state index is 0.265. The molecule has 0 amide bonds. The number of fused-ring (bicyclic) bond motifs is 2. The highest BCUT2D eigenvalue weighted by Gasteiger charge is 2.20. The number of pyridine rings is 1. The molecule has 5 rings (SSSR count). The van der Waals surface area contributed by atoms with Crippen molar-refractivity contribution < 1.29 is 13.9 Å². The molecule has 0 atom stereocenters. The zero-order valence-electron chi connectivity index (χ0n) is 16.3. The van der Waals surface area contributed by atoms with Gasteiger partial charge in [0.15, 0.2) is 5.75 Å². The number of aromatic nitrogens is 5. The molecule has 1 aliphatic heterocycles. The summed E-state index contributed by atoms with van der Waals surface area (Å²) < 4.78 is 27.5. The predicted octanol–water partition coefficient (Wildman–Crippen LogP) is 3.09. The zero-order chi connectivity index (χ0) is 20.5. The molecule has 9 heteroatoms. The Labute approximate surface area is 171 Å². The summed E-state index contributed by atoms with van der Waals surface area (Å²) >= 11 is 0. The van der Waals surface area contributed by atoms with Crippen LogP contribution in [0.25, 0.3) is 5.65 Å². The van der Waals surface area contributed by atoms with E-state index < -0.39 is 0 Å². The first-order valence-corrected chi connectivity index (χ1v) is 9.59. The SMILES string of the molecule is Cc1ccc(COc2cnc(NCc3c(F)ccc4c3CCO4)n3cnnc23)cn1. The highest BCUT2D eigenvalue weighted by molar-refractivity contribution is 5.56. The molecule has 152 valence electrons. The Morgan fingerprint density at radius 1 is 1.20 bits per heavy atom. The van der Waals surface area contributed by atoms with Gasteiger partial charge in [-0.05, 0) is 25.1 Å². The highest BCUT2D eigenvalue weighted by atomic mass is 19.1. The molecule has 1 N–H and O–H groups in total. The molecule has 1 aromatic carbocycles. The number of nitrogens with zero attached hydrogens (tertiary/aromatic N) is 5. The third kappa shape index (κ3) is 3.38. The molecule has 4 aromatic rings. The van der Waals surface area contributed by atoms with Gasteiger partial charge in [-0.1, -0.05) is 6.07 Å². The Hall–Kier alpha value is -3.75. The second kappa shape index (κ2) is 7.58. The lowest BCUT2D eigenvalue weighted by atomic mass is 10.0. The van der Waals surface area contributed by atoms with Crippen LogP contribution in [0.5, 0.6) is 11.5 Å². The van der Waals surface area contributed by atoms with Crippen LogP contribution < -0.4 is 14.8 Å². The van der Waals surface area contributed by atoms with Crippen LogP contribution in [0.15, 0.2) is 43.0 Å². The van der Waals surface area contributed by atoms with Crippen LogP contribution in [-0.2, 0) is 19.6 Å². The Morgan fingerprint density at radius 2 is 2.13 bits per heavy atom. The lowest BCUT2D eigenvalue weighted by Gasteiger charge is -2.13. The first-order chi connectivity index (χ1) is 14.7.